The molecular weight excluding hydrogens is 353 g/mol. The average molecular weight is 381 g/mol. The van der Waals surface area contributed by atoms with E-state index in [9.17, 15) is 19.1 Å². The molecule has 0 saturated heterocycles. The fourth-order valence-electron chi connectivity index (χ4n) is 2.27. The van der Waals surface area contributed by atoms with Gasteiger partial charge in [-0.25, -0.2) is 9.18 Å². The second-order valence-electron chi connectivity index (χ2n) is 6.98. The molecule has 2 atom stereocenters. The first-order valence-electron chi connectivity index (χ1n) is 8.84. The van der Waals surface area contributed by atoms with E-state index in [1.165, 1.54) is 0 Å². The van der Waals surface area contributed by atoms with E-state index in [1.807, 2.05) is 6.07 Å². The third-order valence-corrected chi connectivity index (χ3v) is 3.45. The number of aliphatic hydroxyl groups is 1. The quantitative estimate of drug-likeness (QED) is 0.676. The van der Waals surface area contributed by atoms with Crippen LogP contribution in [0.1, 0.15) is 33.3 Å². The summed E-state index contributed by atoms with van der Waals surface area (Å²) >= 11 is 0. The smallest absolute Gasteiger partial charge is 0.408 e. The summed E-state index contributed by atoms with van der Waals surface area (Å²) in [4.78, 5) is 23.9. The number of rotatable bonds is 8. The van der Waals surface area contributed by atoms with Gasteiger partial charge in [0.1, 0.15) is 17.3 Å². The number of hydrogen-bond donors (Lipinski definition) is 2. The molecule has 1 amide bonds. The highest BCUT2D eigenvalue weighted by atomic mass is 19.1. The number of nitrogens with one attached hydrogen (secondary N) is 1. The molecule has 6 nitrogen and oxygen atoms in total. The van der Waals surface area contributed by atoms with Gasteiger partial charge in [0.15, 0.2) is 0 Å². The lowest BCUT2D eigenvalue weighted by Gasteiger charge is -2.23. The number of alkyl carbamates (subject to hydrolysis) is 1. The highest BCUT2D eigenvalue weighted by molar-refractivity contribution is 5.75. The molecule has 0 radical (unpaired) electrons. The summed E-state index contributed by atoms with van der Waals surface area (Å²) < 4.78 is 24.9. The Balaban J connectivity index is 3.01. The maximum Gasteiger partial charge on any atom is 0.408 e. The molecule has 0 aliphatic rings. The molecule has 27 heavy (non-hydrogen) atoms. The zero-order valence-corrected chi connectivity index (χ0v) is 16.2. The molecule has 150 valence electrons. The van der Waals surface area contributed by atoms with Gasteiger partial charge in [0.25, 0.3) is 0 Å². The van der Waals surface area contributed by atoms with Crippen LogP contribution in [-0.4, -0.2) is 42.0 Å². The topological polar surface area (TPSA) is 84.9 Å². The number of ether oxygens (including phenoxy) is 2. The molecule has 0 aliphatic heterocycles. The third-order valence-electron chi connectivity index (χ3n) is 3.45. The monoisotopic (exact) mass is 381 g/mol. The van der Waals surface area contributed by atoms with E-state index in [-0.39, 0.29) is 13.0 Å². The SMILES string of the molecule is CCOC(=O)C(/C=C(\F)[C@@H](Cc1ccccc1)NC(=O)OC(C)(C)C)CO. The second kappa shape index (κ2) is 10.7. The lowest BCUT2D eigenvalue weighted by atomic mass is 10.0. The normalized spacial score (nSPS) is 14.2. The van der Waals surface area contributed by atoms with Gasteiger partial charge in [-0.3, -0.25) is 4.79 Å². The number of benzene rings is 1. The Kier molecular flexibility index (Phi) is 8.94. The van der Waals surface area contributed by atoms with Crippen molar-refractivity contribution in [2.45, 2.75) is 45.8 Å². The molecule has 1 aromatic carbocycles. The Hall–Kier alpha value is -2.41. The fraction of sp³-hybridized carbons (Fsp3) is 0.500. The van der Waals surface area contributed by atoms with Gasteiger partial charge in [-0.05, 0) is 45.8 Å². The van der Waals surface area contributed by atoms with Gasteiger partial charge >= 0.3 is 12.1 Å². The maximum absolute atomic E-state index is 14.9. The summed E-state index contributed by atoms with van der Waals surface area (Å²) in [5.74, 6) is -2.63. The molecular formula is C20H28FNO5. The van der Waals surface area contributed by atoms with Crippen LogP contribution < -0.4 is 5.32 Å². The number of hydrogen-bond acceptors (Lipinski definition) is 5. The number of carbonyl (C=O) groups is 2. The minimum Gasteiger partial charge on any atom is -0.465 e. The molecule has 0 bridgehead atoms. The first-order valence-corrected chi connectivity index (χ1v) is 8.84. The summed E-state index contributed by atoms with van der Waals surface area (Å²) in [5.41, 5.74) is 0.0546. The van der Waals surface area contributed by atoms with Crippen LogP contribution >= 0.6 is 0 Å². The van der Waals surface area contributed by atoms with Crippen LogP contribution in [0.3, 0.4) is 0 Å². The van der Waals surface area contributed by atoms with Gasteiger partial charge in [0, 0.05) is 0 Å². The van der Waals surface area contributed by atoms with Crippen LogP contribution in [0.25, 0.3) is 0 Å². The molecule has 1 unspecified atom stereocenters. The van der Waals surface area contributed by atoms with Crippen LogP contribution in [0.5, 0.6) is 0 Å². The van der Waals surface area contributed by atoms with Gasteiger partial charge in [0.2, 0.25) is 0 Å². The van der Waals surface area contributed by atoms with Crippen molar-refractivity contribution in [1.82, 2.24) is 5.32 Å². The molecule has 0 fully saturated rings. The van der Waals surface area contributed by atoms with Crippen LogP contribution in [0.15, 0.2) is 42.2 Å². The highest BCUT2D eigenvalue weighted by Gasteiger charge is 2.25. The predicted octanol–water partition coefficient (Wildman–Crippen LogP) is 3.15. The van der Waals surface area contributed by atoms with Crippen molar-refractivity contribution >= 4 is 12.1 Å². The minimum atomic E-state index is -1.15. The van der Waals surface area contributed by atoms with E-state index in [4.69, 9.17) is 9.47 Å². The first kappa shape index (κ1) is 22.6. The Morgan fingerprint density at radius 2 is 1.89 bits per heavy atom. The largest absolute Gasteiger partial charge is 0.465 e. The Morgan fingerprint density at radius 3 is 2.41 bits per heavy atom. The van der Waals surface area contributed by atoms with Gasteiger partial charge in [-0.15, -0.1) is 0 Å². The lowest BCUT2D eigenvalue weighted by Crippen LogP contribution is -2.41. The molecule has 0 heterocycles. The van der Waals surface area contributed by atoms with E-state index in [0.29, 0.717) is 0 Å². The third kappa shape index (κ3) is 8.68. The molecule has 1 aromatic rings. The van der Waals surface area contributed by atoms with E-state index < -0.39 is 42.1 Å². The Morgan fingerprint density at radius 1 is 1.26 bits per heavy atom. The van der Waals surface area contributed by atoms with Crippen molar-refractivity contribution in [2.24, 2.45) is 5.92 Å². The molecule has 0 aliphatic carbocycles. The van der Waals surface area contributed by atoms with E-state index >= 15 is 0 Å². The van der Waals surface area contributed by atoms with E-state index in [1.54, 1.807) is 52.0 Å². The van der Waals surface area contributed by atoms with Crippen molar-refractivity contribution in [3.63, 3.8) is 0 Å². The molecule has 0 saturated carbocycles. The highest BCUT2D eigenvalue weighted by Crippen LogP contribution is 2.17. The summed E-state index contributed by atoms with van der Waals surface area (Å²) in [7, 11) is 0. The minimum absolute atomic E-state index is 0.119. The van der Waals surface area contributed by atoms with Gasteiger partial charge < -0.3 is 19.9 Å². The number of carbonyl (C=O) groups excluding carboxylic acids is 2. The van der Waals surface area contributed by atoms with E-state index in [0.717, 1.165) is 11.6 Å². The fourth-order valence-corrected chi connectivity index (χ4v) is 2.27. The second-order valence-corrected chi connectivity index (χ2v) is 6.98. The van der Waals surface area contributed by atoms with Crippen molar-refractivity contribution in [3.8, 4) is 0 Å². The summed E-state index contributed by atoms with van der Waals surface area (Å²) in [6, 6.07) is 7.98. The van der Waals surface area contributed by atoms with Crippen molar-refractivity contribution in [2.75, 3.05) is 13.2 Å². The standard InChI is InChI=1S/C20H28FNO5/c1-5-26-18(24)15(13-23)12-16(21)17(11-14-9-7-6-8-10-14)22-19(25)27-20(2,3)4/h6-10,12,15,17,23H,5,11,13H2,1-4H3,(H,22,25)/b16-12-/t15?,17-/m1/s1. The maximum atomic E-state index is 14.9. The summed E-state index contributed by atoms with van der Waals surface area (Å²) in [6.45, 7) is 6.24. The van der Waals surface area contributed by atoms with Gasteiger partial charge in [-0.2, -0.15) is 0 Å². The number of amides is 1. The average Bonchev–Trinajstić information content (AvgIpc) is 2.58. The summed E-state index contributed by atoms with van der Waals surface area (Å²) in [5, 5.41) is 11.8. The molecule has 0 aromatic heterocycles. The number of esters is 1. The molecule has 7 heteroatoms. The summed E-state index contributed by atoms with van der Waals surface area (Å²) in [6.07, 6.45) is 0.357. The van der Waals surface area contributed by atoms with Gasteiger partial charge in [0.05, 0.1) is 19.3 Å². The van der Waals surface area contributed by atoms with E-state index in [2.05, 4.69) is 5.32 Å². The van der Waals surface area contributed by atoms with Crippen molar-refractivity contribution in [3.05, 3.63) is 47.8 Å². The van der Waals surface area contributed by atoms with Crippen molar-refractivity contribution in [1.29, 1.82) is 0 Å². The number of aliphatic hydroxyl groups excluding tert-OH is 1. The van der Waals surface area contributed by atoms with Crippen LogP contribution in [0, 0.1) is 5.92 Å². The molecule has 2 N–H and O–H groups in total. The zero-order chi connectivity index (χ0) is 20.4. The predicted molar refractivity (Wildman–Crippen MR) is 99.7 cm³/mol. The van der Waals surface area contributed by atoms with Crippen LogP contribution in [0.2, 0.25) is 0 Å². The number of halogens is 1. The van der Waals surface area contributed by atoms with Crippen LogP contribution in [-0.2, 0) is 20.7 Å². The Labute approximate surface area is 159 Å². The first-order chi connectivity index (χ1) is 12.7. The Bertz CT molecular complexity index is 640. The van der Waals surface area contributed by atoms with Gasteiger partial charge in [-0.1, -0.05) is 30.3 Å². The zero-order valence-electron chi connectivity index (χ0n) is 16.2. The molecule has 1 rings (SSSR count). The van der Waals surface area contributed by atoms with Crippen molar-refractivity contribution < 1.29 is 28.6 Å². The van der Waals surface area contributed by atoms with Crippen LogP contribution in [0.4, 0.5) is 9.18 Å². The lowest BCUT2D eigenvalue weighted by molar-refractivity contribution is -0.147. The molecule has 0 spiro atoms.